The molecule has 0 radical (unpaired) electrons. The van der Waals surface area contributed by atoms with E-state index < -0.39 is 0 Å². The van der Waals surface area contributed by atoms with E-state index in [1.165, 1.54) is 30.6 Å². The topological polar surface area (TPSA) is 33.2 Å². The van der Waals surface area contributed by atoms with E-state index in [1.54, 1.807) is 6.20 Å². The molecule has 1 aromatic rings. The van der Waals surface area contributed by atoms with Gasteiger partial charge in [-0.2, -0.15) is 0 Å². The minimum absolute atomic E-state index is 0.447. The summed E-state index contributed by atoms with van der Waals surface area (Å²) in [5.41, 5.74) is 0. The average Bonchev–Trinajstić information content (AvgIpc) is 2.77. The van der Waals surface area contributed by atoms with Gasteiger partial charge in [0.1, 0.15) is 5.01 Å². The molecular formula is C11H16N2OS. The number of rotatable bonds is 3. The van der Waals surface area contributed by atoms with Crippen molar-refractivity contribution in [2.45, 2.75) is 32.2 Å². The zero-order valence-corrected chi connectivity index (χ0v) is 9.80. The molecule has 1 fully saturated rings. The van der Waals surface area contributed by atoms with E-state index in [-0.39, 0.29) is 0 Å². The number of aldehydes is 1. The summed E-state index contributed by atoms with van der Waals surface area (Å²) in [5.74, 6) is 0. The summed E-state index contributed by atoms with van der Waals surface area (Å²) in [6.07, 6.45) is 6.32. The molecule has 0 saturated carbocycles. The van der Waals surface area contributed by atoms with Gasteiger partial charge in [0, 0.05) is 6.20 Å². The predicted molar refractivity (Wildman–Crippen MR) is 61.3 cm³/mol. The van der Waals surface area contributed by atoms with E-state index in [4.69, 9.17) is 0 Å². The maximum Gasteiger partial charge on any atom is 0.161 e. The zero-order valence-electron chi connectivity index (χ0n) is 8.98. The molecule has 1 unspecified atom stereocenters. The lowest BCUT2D eigenvalue weighted by Gasteiger charge is -2.33. The molecule has 1 saturated heterocycles. The Bertz CT molecular complexity index is 337. The lowest BCUT2D eigenvalue weighted by Crippen LogP contribution is -2.32. The van der Waals surface area contributed by atoms with E-state index in [1.807, 2.05) is 0 Å². The summed E-state index contributed by atoms with van der Waals surface area (Å²) in [7, 11) is 0. The van der Waals surface area contributed by atoms with Gasteiger partial charge in [0.25, 0.3) is 0 Å². The smallest absolute Gasteiger partial charge is 0.161 e. The van der Waals surface area contributed by atoms with Crippen LogP contribution >= 0.6 is 11.3 Å². The lowest BCUT2D eigenvalue weighted by molar-refractivity contribution is 0.112. The van der Waals surface area contributed by atoms with Gasteiger partial charge in [-0.3, -0.25) is 9.69 Å². The second-order valence-electron chi connectivity index (χ2n) is 3.86. The minimum atomic E-state index is 0.447. The van der Waals surface area contributed by atoms with E-state index in [0.29, 0.717) is 6.04 Å². The van der Waals surface area contributed by atoms with Crippen molar-refractivity contribution in [2.75, 3.05) is 13.1 Å². The van der Waals surface area contributed by atoms with Crippen LogP contribution in [0.2, 0.25) is 0 Å². The number of carbonyl (C=O) groups excluding carboxylic acids is 1. The Morgan fingerprint density at radius 3 is 3.20 bits per heavy atom. The van der Waals surface area contributed by atoms with Crippen molar-refractivity contribution in [1.29, 1.82) is 0 Å². The Balaban J connectivity index is 2.16. The number of likely N-dealkylation sites (tertiary alicyclic amines) is 1. The maximum absolute atomic E-state index is 10.6. The maximum atomic E-state index is 10.6. The van der Waals surface area contributed by atoms with Gasteiger partial charge in [-0.05, 0) is 25.9 Å². The molecule has 1 atom stereocenters. The normalized spacial score (nSPS) is 22.9. The molecule has 15 heavy (non-hydrogen) atoms. The zero-order chi connectivity index (χ0) is 10.7. The summed E-state index contributed by atoms with van der Waals surface area (Å²) >= 11 is 1.54. The van der Waals surface area contributed by atoms with Crippen LogP contribution in [0.15, 0.2) is 6.20 Å². The lowest BCUT2D eigenvalue weighted by atomic mass is 10.0. The van der Waals surface area contributed by atoms with Crippen LogP contribution in [0.25, 0.3) is 0 Å². The van der Waals surface area contributed by atoms with Crippen molar-refractivity contribution in [3.63, 3.8) is 0 Å². The summed E-state index contributed by atoms with van der Waals surface area (Å²) in [6, 6.07) is 0.447. The highest BCUT2D eigenvalue weighted by atomic mass is 32.1. The molecule has 1 aliphatic heterocycles. The summed E-state index contributed by atoms with van der Waals surface area (Å²) < 4.78 is 0. The van der Waals surface area contributed by atoms with Gasteiger partial charge in [-0.25, -0.2) is 4.98 Å². The van der Waals surface area contributed by atoms with Crippen molar-refractivity contribution in [2.24, 2.45) is 0 Å². The number of hydrogen-bond acceptors (Lipinski definition) is 4. The minimum Gasteiger partial charge on any atom is -0.297 e. The number of carbonyl (C=O) groups is 1. The number of piperidine rings is 1. The first-order chi connectivity index (χ1) is 7.35. The number of hydrogen-bond donors (Lipinski definition) is 0. The van der Waals surface area contributed by atoms with E-state index >= 15 is 0 Å². The summed E-state index contributed by atoms with van der Waals surface area (Å²) in [6.45, 7) is 4.42. The van der Waals surface area contributed by atoms with Gasteiger partial charge in [-0.15, -0.1) is 11.3 Å². The third-order valence-electron chi connectivity index (χ3n) is 2.96. The molecule has 0 aromatic carbocycles. The molecule has 4 heteroatoms. The fourth-order valence-corrected chi connectivity index (χ4v) is 3.06. The van der Waals surface area contributed by atoms with Crippen LogP contribution in [0.3, 0.4) is 0 Å². The molecule has 1 aliphatic rings. The Morgan fingerprint density at radius 1 is 1.67 bits per heavy atom. The summed E-state index contributed by atoms with van der Waals surface area (Å²) in [4.78, 5) is 18.2. The summed E-state index contributed by atoms with van der Waals surface area (Å²) in [5, 5.41) is 1.11. The van der Waals surface area contributed by atoms with E-state index in [2.05, 4.69) is 16.8 Å². The van der Waals surface area contributed by atoms with Crippen LogP contribution in [0.5, 0.6) is 0 Å². The van der Waals surface area contributed by atoms with Crippen molar-refractivity contribution in [3.8, 4) is 0 Å². The molecule has 2 heterocycles. The van der Waals surface area contributed by atoms with Gasteiger partial charge in [0.2, 0.25) is 0 Å². The quantitative estimate of drug-likeness (QED) is 0.740. The molecule has 2 rings (SSSR count). The molecule has 0 bridgehead atoms. The third-order valence-corrected chi connectivity index (χ3v) is 3.99. The second kappa shape index (κ2) is 4.86. The highest BCUT2D eigenvalue weighted by molar-refractivity contribution is 7.13. The number of aromatic nitrogens is 1. The highest BCUT2D eigenvalue weighted by Crippen LogP contribution is 2.32. The van der Waals surface area contributed by atoms with Gasteiger partial charge >= 0.3 is 0 Å². The second-order valence-corrected chi connectivity index (χ2v) is 4.95. The first-order valence-electron chi connectivity index (χ1n) is 5.50. The Hall–Kier alpha value is -0.740. The van der Waals surface area contributed by atoms with Crippen LogP contribution < -0.4 is 0 Å². The predicted octanol–water partition coefficient (Wildman–Crippen LogP) is 2.50. The number of nitrogens with zero attached hydrogens (tertiary/aromatic N) is 2. The van der Waals surface area contributed by atoms with Gasteiger partial charge < -0.3 is 0 Å². The van der Waals surface area contributed by atoms with Crippen molar-refractivity contribution >= 4 is 17.6 Å². The van der Waals surface area contributed by atoms with Crippen LogP contribution in [-0.4, -0.2) is 29.3 Å². The fraction of sp³-hybridized carbons (Fsp3) is 0.636. The molecule has 1 aromatic heterocycles. The van der Waals surface area contributed by atoms with E-state index in [9.17, 15) is 4.79 Å². The molecule has 82 valence electrons. The van der Waals surface area contributed by atoms with Crippen LogP contribution in [0.1, 0.15) is 46.9 Å². The molecule has 0 amide bonds. The Kier molecular flexibility index (Phi) is 3.49. The van der Waals surface area contributed by atoms with Crippen molar-refractivity contribution < 1.29 is 4.79 Å². The first-order valence-corrected chi connectivity index (χ1v) is 6.31. The number of thiazole rings is 1. The average molecular weight is 224 g/mol. The third kappa shape index (κ3) is 2.26. The molecule has 0 spiro atoms. The standard InChI is InChI=1S/C11H16N2OS/c1-2-13-6-4-3-5-10(13)11-12-7-9(8-14)15-11/h7-8,10H,2-6H2,1H3. The van der Waals surface area contributed by atoms with Crippen LogP contribution in [-0.2, 0) is 0 Å². The van der Waals surface area contributed by atoms with Crippen LogP contribution in [0.4, 0.5) is 0 Å². The SMILES string of the molecule is CCN1CCCCC1c1ncc(C=O)s1. The fourth-order valence-electron chi connectivity index (χ4n) is 2.16. The van der Waals surface area contributed by atoms with Gasteiger partial charge in [0.15, 0.2) is 6.29 Å². The van der Waals surface area contributed by atoms with Gasteiger partial charge in [0.05, 0.1) is 10.9 Å². The van der Waals surface area contributed by atoms with Gasteiger partial charge in [-0.1, -0.05) is 13.3 Å². The molecule has 0 aliphatic carbocycles. The molecule has 3 nitrogen and oxygen atoms in total. The van der Waals surface area contributed by atoms with E-state index in [0.717, 1.165) is 29.3 Å². The Morgan fingerprint density at radius 2 is 2.53 bits per heavy atom. The van der Waals surface area contributed by atoms with Crippen LogP contribution in [0, 0.1) is 0 Å². The van der Waals surface area contributed by atoms with Crippen molar-refractivity contribution in [1.82, 2.24) is 9.88 Å². The molecular weight excluding hydrogens is 208 g/mol. The first kappa shape index (κ1) is 10.8. The monoisotopic (exact) mass is 224 g/mol. The van der Waals surface area contributed by atoms with Crippen molar-refractivity contribution in [3.05, 3.63) is 16.1 Å². The Labute approximate surface area is 94.1 Å². The highest BCUT2D eigenvalue weighted by Gasteiger charge is 2.24. The molecule has 0 N–H and O–H groups in total. The largest absolute Gasteiger partial charge is 0.297 e.